The van der Waals surface area contributed by atoms with Crippen molar-refractivity contribution in [2.75, 3.05) is 45.3 Å². The maximum Gasteiger partial charge on any atom is 0.235 e. The van der Waals surface area contributed by atoms with Gasteiger partial charge in [-0.25, -0.2) is 0 Å². The predicted molar refractivity (Wildman–Crippen MR) is 131 cm³/mol. The second-order valence-corrected chi connectivity index (χ2v) is 9.11. The van der Waals surface area contributed by atoms with Crippen LogP contribution in [0.25, 0.3) is 11.3 Å². The molecule has 1 saturated heterocycles. The SMILES string of the molecule is COc1ccc(-c2cc(C3(C(=O)N4CCN(c5ccc(C(C)=O)cc5)CC4)CC3)no2)cc1OC. The number of methoxy groups -OCH3 is 2. The Bertz CT molecular complexity index is 1240. The zero-order chi connectivity index (χ0) is 24.6. The number of ketones is 1. The Morgan fingerprint density at radius 3 is 2.20 bits per heavy atom. The second-order valence-electron chi connectivity index (χ2n) is 9.11. The highest BCUT2D eigenvalue weighted by atomic mass is 16.5. The average molecular weight is 476 g/mol. The summed E-state index contributed by atoms with van der Waals surface area (Å²) in [7, 11) is 3.18. The number of piperazine rings is 1. The van der Waals surface area contributed by atoms with Gasteiger partial charge in [-0.1, -0.05) is 5.16 Å². The summed E-state index contributed by atoms with van der Waals surface area (Å²) in [4.78, 5) is 29.2. The van der Waals surface area contributed by atoms with E-state index < -0.39 is 5.41 Å². The molecule has 5 rings (SSSR count). The molecule has 1 aromatic heterocycles. The van der Waals surface area contributed by atoms with Crippen molar-refractivity contribution < 1.29 is 23.6 Å². The molecule has 1 aliphatic carbocycles. The topological polar surface area (TPSA) is 85.1 Å². The van der Waals surface area contributed by atoms with Crippen LogP contribution in [0.2, 0.25) is 0 Å². The Hall–Kier alpha value is -3.81. The summed E-state index contributed by atoms with van der Waals surface area (Å²) in [5, 5.41) is 4.29. The van der Waals surface area contributed by atoms with Gasteiger partial charge in [0.25, 0.3) is 0 Å². The zero-order valence-corrected chi connectivity index (χ0v) is 20.2. The van der Waals surface area contributed by atoms with Gasteiger partial charge in [-0.05, 0) is 62.2 Å². The van der Waals surface area contributed by atoms with Gasteiger partial charge in [0.1, 0.15) is 0 Å². The van der Waals surface area contributed by atoms with E-state index in [1.807, 2.05) is 53.4 Å². The molecule has 182 valence electrons. The molecule has 2 heterocycles. The Balaban J connectivity index is 1.26. The van der Waals surface area contributed by atoms with Crippen LogP contribution in [0.1, 0.15) is 35.8 Å². The molecule has 8 heteroatoms. The highest BCUT2D eigenvalue weighted by molar-refractivity contribution is 5.94. The molecule has 0 radical (unpaired) electrons. The van der Waals surface area contributed by atoms with Crippen LogP contribution in [0, 0.1) is 0 Å². The Kier molecular flexibility index (Phi) is 5.96. The first-order chi connectivity index (χ1) is 16.9. The number of aromatic nitrogens is 1. The lowest BCUT2D eigenvalue weighted by molar-refractivity contribution is -0.134. The smallest absolute Gasteiger partial charge is 0.235 e. The van der Waals surface area contributed by atoms with Crippen LogP contribution in [0.3, 0.4) is 0 Å². The molecule has 1 saturated carbocycles. The van der Waals surface area contributed by atoms with Crippen molar-refractivity contribution in [2.45, 2.75) is 25.2 Å². The molecule has 2 aliphatic rings. The minimum Gasteiger partial charge on any atom is -0.493 e. The number of carbonyl (C=O) groups excluding carboxylic acids is 2. The van der Waals surface area contributed by atoms with Crippen LogP contribution in [-0.2, 0) is 10.2 Å². The van der Waals surface area contributed by atoms with E-state index >= 15 is 0 Å². The first-order valence-electron chi connectivity index (χ1n) is 11.8. The van der Waals surface area contributed by atoms with Crippen molar-refractivity contribution in [3.63, 3.8) is 0 Å². The average Bonchev–Trinajstić information content (AvgIpc) is 3.56. The number of anilines is 1. The van der Waals surface area contributed by atoms with Gasteiger partial charge in [0, 0.05) is 49.1 Å². The number of amides is 1. The molecule has 1 aliphatic heterocycles. The van der Waals surface area contributed by atoms with Gasteiger partial charge < -0.3 is 23.8 Å². The van der Waals surface area contributed by atoms with Gasteiger partial charge in [0.05, 0.1) is 25.3 Å². The molecule has 3 aromatic rings. The first-order valence-corrected chi connectivity index (χ1v) is 11.8. The lowest BCUT2D eigenvalue weighted by atomic mass is 9.99. The Morgan fingerprint density at radius 2 is 1.60 bits per heavy atom. The van der Waals surface area contributed by atoms with E-state index in [4.69, 9.17) is 14.0 Å². The van der Waals surface area contributed by atoms with Crippen molar-refractivity contribution in [3.8, 4) is 22.8 Å². The van der Waals surface area contributed by atoms with Crippen molar-refractivity contribution in [2.24, 2.45) is 0 Å². The highest BCUT2D eigenvalue weighted by Gasteiger charge is 2.55. The van der Waals surface area contributed by atoms with E-state index in [9.17, 15) is 9.59 Å². The molecular weight excluding hydrogens is 446 g/mol. The number of hydrogen-bond donors (Lipinski definition) is 0. The normalized spacial score (nSPS) is 16.7. The third-order valence-electron chi connectivity index (χ3n) is 7.03. The summed E-state index contributed by atoms with van der Waals surface area (Å²) in [6, 6.07) is 15.1. The number of hydrogen-bond acceptors (Lipinski definition) is 7. The van der Waals surface area contributed by atoms with E-state index in [2.05, 4.69) is 10.1 Å². The van der Waals surface area contributed by atoms with Gasteiger partial charge in [-0.3, -0.25) is 9.59 Å². The summed E-state index contributed by atoms with van der Waals surface area (Å²) < 4.78 is 16.3. The fraction of sp³-hybridized carbons (Fsp3) is 0.370. The standard InChI is InChI=1S/C27H29N3O5/c1-18(31)19-4-7-21(8-5-19)29-12-14-30(15-13-29)26(32)27(10-11-27)25-17-23(35-28-25)20-6-9-22(33-2)24(16-20)34-3/h4-9,16-17H,10-15H2,1-3H3. The van der Waals surface area contributed by atoms with Gasteiger partial charge in [0.15, 0.2) is 23.0 Å². The maximum absolute atomic E-state index is 13.5. The molecule has 1 amide bonds. The minimum absolute atomic E-state index is 0.0591. The lowest BCUT2D eigenvalue weighted by Crippen LogP contribution is -2.51. The van der Waals surface area contributed by atoms with E-state index in [1.165, 1.54) is 0 Å². The largest absolute Gasteiger partial charge is 0.493 e. The third-order valence-corrected chi connectivity index (χ3v) is 7.03. The molecule has 8 nitrogen and oxygen atoms in total. The zero-order valence-electron chi connectivity index (χ0n) is 20.2. The molecule has 2 fully saturated rings. The first kappa shape index (κ1) is 23.0. The van der Waals surface area contributed by atoms with Gasteiger partial charge in [0.2, 0.25) is 5.91 Å². The van der Waals surface area contributed by atoms with Crippen molar-refractivity contribution in [3.05, 3.63) is 59.8 Å². The molecule has 0 bridgehead atoms. The van der Waals surface area contributed by atoms with Crippen LogP contribution in [0.5, 0.6) is 11.5 Å². The fourth-order valence-corrected chi connectivity index (χ4v) is 4.71. The molecule has 0 N–H and O–H groups in total. The molecule has 0 unspecified atom stereocenters. The van der Waals surface area contributed by atoms with E-state index in [1.54, 1.807) is 21.1 Å². The highest BCUT2D eigenvalue weighted by Crippen LogP contribution is 2.50. The minimum atomic E-state index is -0.594. The molecule has 0 spiro atoms. The summed E-state index contributed by atoms with van der Waals surface area (Å²) in [5.41, 5.74) is 2.69. The van der Waals surface area contributed by atoms with E-state index in [-0.39, 0.29) is 11.7 Å². The van der Waals surface area contributed by atoms with Crippen molar-refractivity contribution in [1.29, 1.82) is 0 Å². The van der Waals surface area contributed by atoms with Crippen LogP contribution < -0.4 is 14.4 Å². The third kappa shape index (κ3) is 4.24. The van der Waals surface area contributed by atoms with Crippen LogP contribution in [0.4, 0.5) is 5.69 Å². The van der Waals surface area contributed by atoms with Crippen molar-refractivity contribution in [1.82, 2.24) is 10.1 Å². The fourth-order valence-electron chi connectivity index (χ4n) is 4.71. The van der Waals surface area contributed by atoms with Gasteiger partial charge >= 0.3 is 0 Å². The number of carbonyl (C=O) groups is 2. The number of Topliss-reactive ketones (excluding diaryl/α,β-unsaturated/α-hetero) is 1. The second kappa shape index (κ2) is 9.09. The maximum atomic E-state index is 13.5. The quantitative estimate of drug-likeness (QED) is 0.479. The van der Waals surface area contributed by atoms with Crippen LogP contribution in [0.15, 0.2) is 53.1 Å². The lowest BCUT2D eigenvalue weighted by Gasteiger charge is -2.37. The Morgan fingerprint density at radius 1 is 0.914 bits per heavy atom. The molecule has 2 aromatic carbocycles. The number of benzene rings is 2. The predicted octanol–water partition coefficient (Wildman–Crippen LogP) is 3.94. The summed E-state index contributed by atoms with van der Waals surface area (Å²) in [6.07, 6.45) is 1.55. The van der Waals surface area contributed by atoms with Crippen molar-refractivity contribution >= 4 is 17.4 Å². The van der Waals surface area contributed by atoms with Crippen LogP contribution >= 0.6 is 0 Å². The Labute approximate surface area is 204 Å². The summed E-state index contributed by atoms with van der Waals surface area (Å²) in [6.45, 7) is 4.36. The van der Waals surface area contributed by atoms with Gasteiger partial charge in [-0.2, -0.15) is 0 Å². The molecule has 0 atom stereocenters. The summed E-state index contributed by atoms with van der Waals surface area (Å²) in [5.74, 6) is 2.02. The molecular formula is C27H29N3O5. The molecule has 35 heavy (non-hydrogen) atoms. The summed E-state index contributed by atoms with van der Waals surface area (Å²) >= 11 is 0. The van der Waals surface area contributed by atoms with Crippen LogP contribution in [-0.4, -0.2) is 62.1 Å². The number of nitrogens with zero attached hydrogens (tertiary/aromatic N) is 3. The van der Waals surface area contributed by atoms with E-state index in [0.717, 1.165) is 37.2 Å². The monoisotopic (exact) mass is 475 g/mol. The number of ether oxygens (including phenoxy) is 2. The van der Waals surface area contributed by atoms with E-state index in [0.29, 0.717) is 41.6 Å². The van der Waals surface area contributed by atoms with Gasteiger partial charge in [-0.15, -0.1) is 0 Å². The number of rotatable bonds is 7.